The van der Waals surface area contributed by atoms with Gasteiger partial charge in [-0.25, -0.2) is 4.98 Å². The number of aryl methyl sites for hydroxylation is 1. The molecule has 6 heteroatoms. The van der Waals surface area contributed by atoms with Gasteiger partial charge in [-0.15, -0.1) is 11.3 Å². The van der Waals surface area contributed by atoms with E-state index < -0.39 is 0 Å². The van der Waals surface area contributed by atoms with Gasteiger partial charge in [0, 0.05) is 33.1 Å². The second kappa shape index (κ2) is 8.68. The maximum Gasteiger partial charge on any atom is 0.191 e. The first-order valence-corrected chi connectivity index (χ1v) is 9.00. The fourth-order valence-corrected chi connectivity index (χ4v) is 3.08. The predicted octanol–water partition coefficient (Wildman–Crippen LogP) is 2.99. The van der Waals surface area contributed by atoms with Crippen molar-refractivity contribution in [2.75, 3.05) is 32.6 Å². The molecule has 2 aromatic rings. The van der Waals surface area contributed by atoms with Crippen LogP contribution in [0.25, 0.3) is 0 Å². The molecule has 0 fully saturated rings. The molecule has 0 saturated heterocycles. The van der Waals surface area contributed by atoms with E-state index >= 15 is 0 Å². The minimum Gasteiger partial charge on any atom is -0.356 e. The summed E-state index contributed by atoms with van der Waals surface area (Å²) in [5.74, 6) is 1.22. The fourth-order valence-electron chi connectivity index (χ4n) is 2.32. The van der Waals surface area contributed by atoms with E-state index in [2.05, 4.69) is 64.1 Å². The van der Waals surface area contributed by atoms with E-state index in [1.165, 1.54) is 11.1 Å². The summed E-state index contributed by atoms with van der Waals surface area (Å²) in [4.78, 5) is 10.9. The predicted molar refractivity (Wildman–Crippen MR) is 104 cm³/mol. The quantitative estimate of drug-likeness (QED) is 0.624. The third-order valence-electron chi connectivity index (χ3n) is 3.77. The number of aromatic nitrogens is 1. The standard InChI is InChI=1S/C18H27N5S/c1-13-7-6-8-15(9-13)14(2)10-20-17(19-3)21-11-16-12-24-18(22-16)23(4)5/h6-9,12,14H,10-11H2,1-5H3,(H2,19,20,21). The van der Waals surface area contributed by atoms with Crippen molar-refractivity contribution >= 4 is 22.4 Å². The molecule has 0 amide bonds. The van der Waals surface area contributed by atoms with Gasteiger partial charge in [-0.3, -0.25) is 4.99 Å². The Bertz CT molecular complexity index is 678. The van der Waals surface area contributed by atoms with E-state index in [1.807, 2.05) is 19.0 Å². The van der Waals surface area contributed by atoms with Crippen LogP contribution in [-0.2, 0) is 6.54 Å². The van der Waals surface area contributed by atoms with Crippen LogP contribution in [0.2, 0.25) is 0 Å². The Balaban J connectivity index is 1.83. The monoisotopic (exact) mass is 345 g/mol. The minimum absolute atomic E-state index is 0.420. The van der Waals surface area contributed by atoms with Gasteiger partial charge in [-0.1, -0.05) is 36.8 Å². The van der Waals surface area contributed by atoms with Crippen molar-refractivity contribution in [2.24, 2.45) is 4.99 Å². The Morgan fingerprint density at radius 1 is 1.33 bits per heavy atom. The Morgan fingerprint density at radius 2 is 2.12 bits per heavy atom. The van der Waals surface area contributed by atoms with E-state index in [0.29, 0.717) is 12.5 Å². The van der Waals surface area contributed by atoms with Gasteiger partial charge in [0.2, 0.25) is 0 Å². The molecule has 5 nitrogen and oxygen atoms in total. The average molecular weight is 346 g/mol. The van der Waals surface area contributed by atoms with Crippen LogP contribution in [0.15, 0.2) is 34.6 Å². The highest BCUT2D eigenvalue weighted by Gasteiger charge is 2.08. The van der Waals surface area contributed by atoms with Gasteiger partial charge < -0.3 is 15.5 Å². The molecule has 2 rings (SSSR count). The summed E-state index contributed by atoms with van der Waals surface area (Å²) in [6.07, 6.45) is 0. The lowest BCUT2D eigenvalue weighted by Crippen LogP contribution is -2.38. The Labute approximate surface area is 148 Å². The molecule has 0 aliphatic heterocycles. The van der Waals surface area contributed by atoms with E-state index in [4.69, 9.17) is 0 Å². The van der Waals surface area contributed by atoms with E-state index in [1.54, 1.807) is 18.4 Å². The van der Waals surface area contributed by atoms with Crippen LogP contribution in [0, 0.1) is 6.92 Å². The minimum atomic E-state index is 0.420. The third kappa shape index (κ3) is 5.23. The number of nitrogens with one attached hydrogen (secondary N) is 2. The summed E-state index contributed by atoms with van der Waals surface area (Å²) in [5.41, 5.74) is 3.66. The zero-order chi connectivity index (χ0) is 17.5. The molecule has 1 heterocycles. The molecule has 130 valence electrons. The molecule has 1 unspecified atom stereocenters. The van der Waals surface area contributed by atoms with E-state index in [9.17, 15) is 0 Å². The van der Waals surface area contributed by atoms with Crippen LogP contribution in [-0.4, -0.2) is 38.6 Å². The molecule has 1 aromatic carbocycles. The molecule has 1 aromatic heterocycles. The second-order valence-corrected chi connectivity index (χ2v) is 6.97. The first-order chi connectivity index (χ1) is 11.5. The zero-order valence-electron chi connectivity index (χ0n) is 15.1. The fraction of sp³-hybridized carbons (Fsp3) is 0.444. The Hall–Kier alpha value is -2.08. The number of guanidine groups is 1. The number of rotatable bonds is 6. The van der Waals surface area contributed by atoms with Gasteiger partial charge >= 0.3 is 0 Å². The summed E-state index contributed by atoms with van der Waals surface area (Å²) >= 11 is 1.65. The second-order valence-electron chi connectivity index (χ2n) is 6.14. The number of hydrogen-bond acceptors (Lipinski definition) is 4. The molecule has 0 spiro atoms. The van der Waals surface area contributed by atoms with Crippen LogP contribution in [0.3, 0.4) is 0 Å². The van der Waals surface area contributed by atoms with Gasteiger partial charge in [0.15, 0.2) is 11.1 Å². The molecule has 0 bridgehead atoms. The highest BCUT2D eigenvalue weighted by molar-refractivity contribution is 7.13. The van der Waals surface area contributed by atoms with Crippen molar-refractivity contribution in [1.82, 2.24) is 15.6 Å². The number of benzene rings is 1. The van der Waals surface area contributed by atoms with Crippen molar-refractivity contribution in [3.63, 3.8) is 0 Å². The van der Waals surface area contributed by atoms with E-state index in [0.717, 1.165) is 23.3 Å². The van der Waals surface area contributed by atoms with Gasteiger partial charge in [0.25, 0.3) is 0 Å². The van der Waals surface area contributed by atoms with Crippen molar-refractivity contribution in [1.29, 1.82) is 0 Å². The van der Waals surface area contributed by atoms with Crippen molar-refractivity contribution in [3.8, 4) is 0 Å². The first-order valence-electron chi connectivity index (χ1n) is 8.12. The third-order valence-corrected chi connectivity index (χ3v) is 4.83. The molecule has 0 aliphatic carbocycles. The van der Waals surface area contributed by atoms with Gasteiger partial charge in [0.05, 0.1) is 12.2 Å². The first kappa shape index (κ1) is 18.3. The van der Waals surface area contributed by atoms with Crippen molar-refractivity contribution < 1.29 is 0 Å². The maximum absolute atomic E-state index is 4.57. The molecular formula is C18H27N5S. The van der Waals surface area contributed by atoms with Crippen LogP contribution in [0.4, 0.5) is 5.13 Å². The molecule has 0 radical (unpaired) electrons. The summed E-state index contributed by atoms with van der Waals surface area (Å²) < 4.78 is 0. The summed E-state index contributed by atoms with van der Waals surface area (Å²) in [6.45, 7) is 5.85. The smallest absolute Gasteiger partial charge is 0.191 e. The number of aliphatic imine (C=N–C) groups is 1. The topological polar surface area (TPSA) is 52.6 Å². The maximum atomic E-state index is 4.57. The molecular weight excluding hydrogens is 318 g/mol. The molecule has 24 heavy (non-hydrogen) atoms. The van der Waals surface area contributed by atoms with Crippen LogP contribution < -0.4 is 15.5 Å². The van der Waals surface area contributed by atoms with Gasteiger partial charge in [0.1, 0.15) is 0 Å². The summed E-state index contributed by atoms with van der Waals surface area (Å²) in [7, 11) is 5.80. The molecule has 0 saturated carbocycles. The average Bonchev–Trinajstić information content (AvgIpc) is 3.04. The SMILES string of the molecule is CN=C(NCc1csc(N(C)C)n1)NCC(C)c1cccc(C)c1. The normalized spacial score (nSPS) is 12.8. The number of anilines is 1. The lowest BCUT2D eigenvalue weighted by Gasteiger charge is -2.16. The zero-order valence-corrected chi connectivity index (χ0v) is 15.9. The molecule has 1 atom stereocenters. The number of hydrogen-bond donors (Lipinski definition) is 2. The van der Waals surface area contributed by atoms with Gasteiger partial charge in [-0.2, -0.15) is 0 Å². The summed E-state index contributed by atoms with van der Waals surface area (Å²) in [6, 6.07) is 8.65. The van der Waals surface area contributed by atoms with Crippen LogP contribution in [0.5, 0.6) is 0 Å². The summed E-state index contributed by atoms with van der Waals surface area (Å²) in [5, 5.41) is 9.80. The lowest BCUT2D eigenvalue weighted by atomic mass is 9.99. The highest BCUT2D eigenvalue weighted by Crippen LogP contribution is 2.18. The Kier molecular flexibility index (Phi) is 6.61. The van der Waals surface area contributed by atoms with Crippen molar-refractivity contribution in [3.05, 3.63) is 46.5 Å². The molecule has 0 aliphatic rings. The largest absolute Gasteiger partial charge is 0.356 e. The van der Waals surface area contributed by atoms with Crippen LogP contribution in [0.1, 0.15) is 29.7 Å². The van der Waals surface area contributed by atoms with E-state index in [-0.39, 0.29) is 0 Å². The van der Waals surface area contributed by atoms with Gasteiger partial charge in [-0.05, 0) is 18.4 Å². The lowest BCUT2D eigenvalue weighted by molar-refractivity contribution is 0.697. The van der Waals surface area contributed by atoms with Crippen molar-refractivity contribution in [2.45, 2.75) is 26.3 Å². The van der Waals surface area contributed by atoms with Crippen LogP contribution >= 0.6 is 11.3 Å². The number of thiazole rings is 1. The Morgan fingerprint density at radius 3 is 2.75 bits per heavy atom. The number of nitrogens with zero attached hydrogens (tertiary/aromatic N) is 3. The highest BCUT2D eigenvalue weighted by atomic mass is 32.1. The molecule has 2 N–H and O–H groups in total.